The van der Waals surface area contributed by atoms with Gasteiger partial charge in [-0.2, -0.15) is 0 Å². The molecule has 13 rings (SSSR count). The van der Waals surface area contributed by atoms with Gasteiger partial charge in [-0.15, -0.1) is 0 Å². The maximum Gasteiger partial charge on any atom is 0.263 e. The molecule has 3 nitrogen and oxygen atoms in total. The molecule has 0 saturated carbocycles. The van der Waals surface area contributed by atoms with E-state index in [9.17, 15) is 4.79 Å². The highest BCUT2D eigenvalue weighted by Crippen LogP contribution is 2.53. The molecule has 0 bridgehead atoms. The molecule has 3 heteroatoms. The van der Waals surface area contributed by atoms with E-state index in [0.717, 1.165) is 72.3 Å². The molecule has 0 aliphatic heterocycles. The van der Waals surface area contributed by atoms with Crippen molar-refractivity contribution in [2.75, 3.05) is 0 Å². The summed E-state index contributed by atoms with van der Waals surface area (Å²) in [4.78, 5) is 14.6. The standard InChI is InChI=1S/C63H46N2O/c1-5-7-17-38(6-2)39-18-16-19-40(34-39)41-28-32-58-51(35-41)53-37-42(36-52-45-21-9-11-24-49(45)62(66)65(58)60(52)53)43-30-33-57(46-22-10-8-20-44(43)46)64-56-27-15-13-23-47(56)48-29-31-55-59(61(48)64)50-25-12-14-26-54(50)63(55,3)4/h6-37H,5H2,1-4H3/b17-7-,38-6+. The molecule has 0 atom stereocenters. The lowest BCUT2D eigenvalue weighted by Crippen LogP contribution is -2.14. The molecule has 0 saturated heterocycles. The van der Waals surface area contributed by atoms with Gasteiger partial charge in [-0.05, 0) is 123 Å². The smallest absolute Gasteiger partial charge is 0.263 e. The largest absolute Gasteiger partial charge is 0.308 e. The van der Waals surface area contributed by atoms with Crippen LogP contribution in [0.2, 0.25) is 0 Å². The minimum atomic E-state index is -0.120. The predicted molar refractivity (Wildman–Crippen MR) is 281 cm³/mol. The maximum absolute atomic E-state index is 14.6. The van der Waals surface area contributed by atoms with E-state index < -0.39 is 0 Å². The fraction of sp³-hybridized carbons (Fsp3) is 0.0952. The third kappa shape index (κ3) is 5.28. The van der Waals surface area contributed by atoms with Crippen molar-refractivity contribution in [1.29, 1.82) is 0 Å². The van der Waals surface area contributed by atoms with Crippen LogP contribution in [0.25, 0.3) is 115 Å². The summed E-state index contributed by atoms with van der Waals surface area (Å²) in [6.07, 6.45) is 7.58. The fourth-order valence-electron chi connectivity index (χ4n) is 11.6. The summed E-state index contributed by atoms with van der Waals surface area (Å²) in [6.45, 7) is 8.99. The maximum atomic E-state index is 14.6. The van der Waals surface area contributed by atoms with Gasteiger partial charge in [0.15, 0.2) is 0 Å². The first-order chi connectivity index (χ1) is 32.4. The highest BCUT2D eigenvalue weighted by atomic mass is 16.1. The lowest BCUT2D eigenvalue weighted by Gasteiger charge is -2.21. The van der Waals surface area contributed by atoms with E-state index in [0.29, 0.717) is 0 Å². The second kappa shape index (κ2) is 14.2. The first-order valence-electron chi connectivity index (χ1n) is 23.2. The van der Waals surface area contributed by atoms with Gasteiger partial charge < -0.3 is 4.57 Å². The summed E-state index contributed by atoms with van der Waals surface area (Å²) in [5, 5.41) is 9.79. The quantitative estimate of drug-likeness (QED) is 0.121. The van der Waals surface area contributed by atoms with Crippen LogP contribution in [0.15, 0.2) is 199 Å². The monoisotopic (exact) mass is 846 g/mol. The van der Waals surface area contributed by atoms with Crippen LogP contribution in [0.4, 0.5) is 0 Å². The van der Waals surface area contributed by atoms with Crippen LogP contribution >= 0.6 is 0 Å². The first-order valence-corrected chi connectivity index (χ1v) is 23.2. The van der Waals surface area contributed by atoms with Crippen molar-refractivity contribution in [3.8, 4) is 39.1 Å². The normalized spacial score (nSPS) is 13.7. The summed E-state index contributed by atoms with van der Waals surface area (Å²) < 4.78 is 4.49. The van der Waals surface area contributed by atoms with Crippen LogP contribution in [0.1, 0.15) is 50.8 Å². The van der Waals surface area contributed by atoms with Gasteiger partial charge in [-0.1, -0.05) is 166 Å². The van der Waals surface area contributed by atoms with Gasteiger partial charge in [-0.25, -0.2) is 0 Å². The van der Waals surface area contributed by atoms with Crippen molar-refractivity contribution in [2.24, 2.45) is 0 Å². The highest BCUT2D eigenvalue weighted by molar-refractivity contribution is 6.23. The van der Waals surface area contributed by atoms with E-state index in [4.69, 9.17) is 0 Å². The Morgan fingerprint density at radius 2 is 1.21 bits per heavy atom. The summed E-state index contributed by atoms with van der Waals surface area (Å²) in [7, 11) is 0. The zero-order valence-corrected chi connectivity index (χ0v) is 37.5. The lowest BCUT2D eigenvalue weighted by molar-refractivity contribution is 0.661. The Labute approximate surface area is 383 Å². The van der Waals surface area contributed by atoms with Crippen molar-refractivity contribution < 1.29 is 0 Å². The average Bonchev–Trinajstić information content (AvgIpc) is 3.96. The van der Waals surface area contributed by atoms with Crippen LogP contribution in [0.3, 0.4) is 0 Å². The number of para-hydroxylation sites is 1. The number of fused-ring (bicyclic) bond motifs is 13. The van der Waals surface area contributed by atoms with Gasteiger partial charge in [0.2, 0.25) is 0 Å². The second-order valence-corrected chi connectivity index (χ2v) is 18.6. The molecule has 3 aromatic heterocycles. The number of hydrogen-bond acceptors (Lipinski definition) is 1. The molecule has 314 valence electrons. The molecular formula is C63H46N2O. The number of hydrogen-bond donors (Lipinski definition) is 0. The third-order valence-electron chi connectivity index (χ3n) is 14.7. The minimum absolute atomic E-state index is 0.0134. The number of benzene rings is 9. The Balaban J connectivity index is 1.07. The zero-order chi connectivity index (χ0) is 44.4. The Bertz CT molecular complexity index is 4150. The molecule has 9 aromatic carbocycles. The van der Waals surface area contributed by atoms with E-state index in [2.05, 4.69) is 214 Å². The van der Waals surface area contributed by atoms with E-state index >= 15 is 0 Å². The van der Waals surface area contributed by atoms with Crippen LogP contribution in [0, 0.1) is 0 Å². The topological polar surface area (TPSA) is 26.4 Å². The second-order valence-electron chi connectivity index (χ2n) is 18.6. The molecule has 0 radical (unpaired) electrons. The molecule has 0 unspecified atom stereocenters. The fourth-order valence-corrected chi connectivity index (χ4v) is 11.6. The zero-order valence-electron chi connectivity index (χ0n) is 37.5. The van der Waals surface area contributed by atoms with Crippen LogP contribution < -0.4 is 5.56 Å². The van der Waals surface area contributed by atoms with Gasteiger partial charge in [-0.3, -0.25) is 9.20 Å². The molecule has 1 aliphatic rings. The van der Waals surface area contributed by atoms with Gasteiger partial charge in [0, 0.05) is 48.7 Å². The van der Waals surface area contributed by atoms with E-state index in [-0.39, 0.29) is 11.0 Å². The van der Waals surface area contributed by atoms with Crippen LogP contribution in [-0.4, -0.2) is 8.97 Å². The van der Waals surface area contributed by atoms with Gasteiger partial charge >= 0.3 is 0 Å². The number of pyridine rings is 1. The summed E-state index contributed by atoms with van der Waals surface area (Å²) in [5.41, 5.74) is 17.7. The van der Waals surface area contributed by atoms with Crippen molar-refractivity contribution in [2.45, 2.75) is 39.5 Å². The Morgan fingerprint density at radius 3 is 2.03 bits per heavy atom. The predicted octanol–water partition coefficient (Wildman–Crippen LogP) is 16.5. The molecule has 0 spiro atoms. The third-order valence-corrected chi connectivity index (χ3v) is 14.7. The van der Waals surface area contributed by atoms with Crippen LogP contribution in [-0.2, 0) is 5.41 Å². The molecule has 0 amide bonds. The molecule has 1 aliphatic carbocycles. The number of aromatic nitrogens is 2. The van der Waals surface area contributed by atoms with Crippen molar-refractivity contribution in [1.82, 2.24) is 8.97 Å². The molecule has 3 heterocycles. The van der Waals surface area contributed by atoms with Gasteiger partial charge in [0.05, 0.1) is 27.8 Å². The van der Waals surface area contributed by atoms with Crippen molar-refractivity contribution >= 4 is 76.1 Å². The number of rotatable bonds is 6. The van der Waals surface area contributed by atoms with Crippen LogP contribution in [0.5, 0.6) is 0 Å². The highest BCUT2D eigenvalue weighted by Gasteiger charge is 2.37. The first kappa shape index (κ1) is 38.4. The van der Waals surface area contributed by atoms with E-state index in [1.54, 1.807) is 0 Å². The van der Waals surface area contributed by atoms with Gasteiger partial charge in [0.1, 0.15) is 0 Å². The number of allylic oxidation sites excluding steroid dienone is 4. The summed E-state index contributed by atoms with van der Waals surface area (Å²) in [5.74, 6) is 0. The van der Waals surface area contributed by atoms with Crippen molar-refractivity contribution in [3.05, 3.63) is 221 Å². The molecule has 66 heavy (non-hydrogen) atoms. The molecule has 0 fully saturated rings. The SMILES string of the molecule is C/C=C(\C=C/CC)c1cccc(-c2ccc3c(c2)c2cc(-c4ccc(-n5c6ccccc6c6ccc7c(c65)-c5ccccc5C7(C)C)c5ccccc45)cc4c5ccccc5c(=O)n3c42)c1. The average molecular weight is 847 g/mol. The van der Waals surface area contributed by atoms with Crippen molar-refractivity contribution in [3.63, 3.8) is 0 Å². The summed E-state index contributed by atoms with van der Waals surface area (Å²) in [6, 6.07) is 64.3. The Hall–Kier alpha value is -8.01. The van der Waals surface area contributed by atoms with E-state index in [1.165, 1.54) is 66.0 Å². The lowest BCUT2D eigenvalue weighted by atomic mass is 9.82. The summed E-state index contributed by atoms with van der Waals surface area (Å²) >= 11 is 0. The molecular weight excluding hydrogens is 801 g/mol. The molecule has 12 aromatic rings. The molecule has 0 N–H and O–H groups in total. The van der Waals surface area contributed by atoms with E-state index in [1.807, 2.05) is 16.5 Å². The minimum Gasteiger partial charge on any atom is -0.308 e. The van der Waals surface area contributed by atoms with Gasteiger partial charge in [0.25, 0.3) is 5.56 Å². The number of nitrogens with zero attached hydrogens (tertiary/aromatic N) is 2. The Morgan fingerprint density at radius 1 is 0.515 bits per heavy atom. The Kier molecular flexibility index (Phi) is 8.30.